The van der Waals surface area contributed by atoms with Crippen molar-refractivity contribution >= 4 is 9.84 Å². The number of pyridine rings is 1. The van der Waals surface area contributed by atoms with Gasteiger partial charge in [0.2, 0.25) is 0 Å². The zero-order chi connectivity index (χ0) is 21.1. The summed E-state index contributed by atoms with van der Waals surface area (Å²) in [6, 6.07) is 14.1. The van der Waals surface area contributed by atoms with E-state index in [0.29, 0.717) is 16.7 Å². The molecule has 1 heterocycles. The molecule has 4 nitrogen and oxygen atoms in total. The normalized spacial score (nSPS) is 12.0. The van der Waals surface area contributed by atoms with Crippen LogP contribution in [0.2, 0.25) is 0 Å². The molecule has 0 unspecified atom stereocenters. The van der Waals surface area contributed by atoms with Gasteiger partial charge in [-0.25, -0.2) is 8.42 Å². The molecule has 29 heavy (non-hydrogen) atoms. The van der Waals surface area contributed by atoms with E-state index in [-0.39, 0.29) is 16.4 Å². The van der Waals surface area contributed by atoms with Crippen molar-refractivity contribution in [3.05, 3.63) is 78.1 Å². The maximum atomic E-state index is 12.7. The predicted octanol–water partition coefficient (Wildman–Crippen LogP) is 4.97. The second kappa shape index (κ2) is 8.24. The largest absolute Gasteiger partial charge is 0.483 e. The molecule has 152 valence electrons. The Bertz CT molecular complexity index is 1100. The number of nitrogens with zero attached hydrogens (tertiary/aromatic N) is 1. The van der Waals surface area contributed by atoms with Crippen LogP contribution in [0.1, 0.15) is 11.1 Å². The molecule has 0 N–H and O–H groups in total. The predicted molar refractivity (Wildman–Crippen MR) is 103 cm³/mol. The van der Waals surface area contributed by atoms with Gasteiger partial charge in [0, 0.05) is 23.5 Å². The molecule has 0 amide bonds. The van der Waals surface area contributed by atoms with Gasteiger partial charge in [0.1, 0.15) is 5.75 Å². The van der Waals surface area contributed by atoms with E-state index in [9.17, 15) is 21.6 Å². The first kappa shape index (κ1) is 20.9. The maximum absolute atomic E-state index is 12.7. The molecule has 0 fully saturated rings. The van der Waals surface area contributed by atoms with E-state index in [1.807, 2.05) is 0 Å². The van der Waals surface area contributed by atoms with Gasteiger partial charge < -0.3 is 4.74 Å². The summed E-state index contributed by atoms with van der Waals surface area (Å²) in [6.07, 6.45) is -1.41. The summed E-state index contributed by atoms with van der Waals surface area (Å²) >= 11 is 0. The third kappa shape index (κ3) is 5.35. The van der Waals surface area contributed by atoms with E-state index in [1.54, 1.807) is 49.5 Å². The maximum Gasteiger partial charge on any atom is 0.422 e. The number of sulfone groups is 1. The van der Waals surface area contributed by atoms with E-state index in [1.165, 1.54) is 24.4 Å². The van der Waals surface area contributed by atoms with Crippen LogP contribution in [-0.4, -0.2) is 26.2 Å². The molecule has 8 heteroatoms. The van der Waals surface area contributed by atoms with Crippen molar-refractivity contribution in [2.75, 3.05) is 6.61 Å². The first-order valence-electron chi connectivity index (χ1n) is 8.67. The van der Waals surface area contributed by atoms with E-state index >= 15 is 0 Å². The summed E-state index contributed by atoms with van der Waals surface area (Å²) in [6.45, 7) is 0.326. The molecule has 0 saturated carbocycles. The molecular formula is C21H18F3NO3S. The lowest BCUT2D eigenvalue weighted by Gasteiger charge is -2.16. The number of aromatic nitrogens is 1. The molecule has 1 aromatic heterocycles. The summed E-state index contributed by atoms with van der Waals surface area (Å²) in [7, 11) is -3.65. The molecule has 3 aromatic rings. The number of alkyl halides is 3. The molecule has 0 aliphatic carbocycles. The standard InChI is InChI=1S/C21H18F3NO3S/c1-15-9-10-25-12-19(15)18-8-7-16(11-20(18)28-14-21(22,23)24)13-29(26,27)17-5-3-2-4-6-17/h2-12H,13-14H2,1H3. The summed E-state index contributed by atoms with van der Waals surface area (Å²) in [4.78, 5) is 4.16. The van der Waals surface area contributed by atoms with Crippen molar-refractivity contribution in [1.82, 2.24) is 4.98 Å². The SMILES string of the molecule is Cc1ccncc1-c1ccc(CS(=O)(=O)c2ccccc2)cc1OCC(F)(F)F. The molecule has 2 aromatic carbocycles. The van der Waals surface area contributed by atoms with Gasteiger partial charge in [0.15, 0.2) is 16.4 Å². The Morgan fingerprint density at radius 3 is 2.38 bits per heavy atom. The lowest BCUT2D eigenvalue weighted by molar-refractivity contribution is -0.153. The van der Waals surface area contributed by atoms with Crippen molar-refractivity contribution in [2.45, 2.75) is 23.7 Å². The van der Waals surface area contributed by atoms with Crippen molar-refractivity contribution in [3.63, 3.8) is 0 Å². The third-order valence-electron chi connectivity index (χ3n) is 4.23. The highest BCUT2D eigenvalue weighted by Gasteiger charge is 2.29. The van der Waals surface area contributed by atoms with E-state index in [4.69, 9.17) is 4.74 Å². The summed E-state index contributed by atoms with van der Waals surface area (Å²) in [5.41, 5.74) is 2.17. The van der Waals surface area contributed by atoms with Gasteiger partial charge in [0.25, 0.3) is 0 Å². The fourth-order valence-electron chi connectivity index (χ4n) is 2.83. The average molecular weight is 421 g/mol. The highest BCUT2D eigenvalue weighted by Crippen LogP contribution is 2.34. The molecule has 0 spiro atoms. The second-order valence-corrected chi connectivity index (χ2v) is 8.49. The van der Waals surface area contributed by atoms with Crippen LogP contribution in [0.5, 0.6) is 5.75 Å². The molecule has 3 rings (SSSR count). The highest BCUT2D eigenvalue weighted by molar-refractivity contribution is 7.90. The van der Waals surface area contributed by atoms with Crippen molar-refractivity contribution in [1.29, 1.82) is 0 Å². The van der Waals surface area contributed by atoms with Gasteiger partial charge in [-0.3, -0.25) is 4.98 Å². The number of benzene rings is 2. The van der Waals surface area contributed by atoms with Crippen molar-refractivity contribution in [2.24, 2.45) is 0 Å². The third-order valence-corrected chi connectivity index (χ3v) is 5.93. The first-order chi connectivity index (χ1) is 13.7. The number of ether oxygens (including phenoxy) is 1. The van der Waals surface area contributed by atoms with Crippen molar-refractivity contribution in [3.8, 4) is 16.9 Å². The molecule has 0 saturated heterocycles. The van der Waals surface area contributed by atoms with Crippen LogP contribution in [0, 0.1) is 6.92 Å². The molecule has 0 radical (unpaired) electrons. The minimum atomic E-state index is -4.52. The van der Waals surface area contributed by atoms with Gasteiger partial charge in [-0.05, 0) is 42.3 Å². The van der Waals surface area contributed by atoms with E-state index in [0.717, 1.165) is 5.56 Å². The summed E-state index contributed by atoms with van der Waals surface area (Å²) in [5, 5.41) is 0. The topological polar surface area (TPSA) is 56.3 Å². The minimum Gasteiger partial charge on any atom is -0.483 e. The molecule has 0 bridgehead atoms. The van der Waals surface area contributed by atoms with Gasteiger partial charge in [-0.2, -0.15) is 13.2 Å². The lowest BCUT2D eigenvalue weighted by atomic mass is 10.0. The smallest absolute Gasteiger partial charge is 0.422 e. The number of aryl methyl sites for hydroxylation is 1. The Morgan fingerprint density at radius 2 is 1.72 bits per heavy atom. The van der Waals surface area contributed by atoms with Crippen LogP contribution < -0.4 is 4.74 Å². The zero-order valence-electron chi connectivity index (χ0n) is 15.5. The Balaban J connectivity index is 1.99. The molecule has 0 aliphatic rings. The first-order valence-corrected chi connectivity index (χ1v) is 10.3. The van der Waals surface area contributed by atoms with Crippen LogP contribution in [-0.2, 0) is 15.6 Å². The van der Waals surface area contributed by atoms with Crippen LogP contribution in [0.4, 0.5) is 13.2 Å². The number of rotatable bonds is 6. The summed E-state index contributed by atoms with van der Waals surface area (Å²) in [5.74, 6) is -0.398. The number of halogens is 3. The van der Waals surface area contributed by atoms with Crippen LogP contribution in [0.3, 0.4) is 0 Å². The van der Waals surface area contributed by atoms with E-state index < -0.39 is 22.6 Å². The summed E-state index contributed by atoms with van der Waals surface area (Å²) < 4.78 is 68.4. The average Bonchev–Trinajstić information content (AvgIpc) is 2.67. The fraction of sp³-hybridized carbons (Fsp3) is 0.190. The Morgan fingerprint density at radius 1 is 1.00 bits per heavy atom. The lowest BCUT2D eigenvalue weighted by Crippen LogP contribution is -2.19. The Kier molecular flexibility index (Phi) is 5.93. The van der Waals surface area contributed by atoms with Gasteiger partial charge in [-0.1, -0.05) is 30.3 Å². The second-order valence-electron chi connectivity index (χ2n) is 6.50. The number of hydrogen-bond acceptors (Lipinski definition) is 4. The Hall–Kier alpha value is -2.87. The molecular weight excluding hydrogens is 403 g/mol. The fourth-order valence-corrected chi connectivity index (χ4v) is 4.19. The van der Waals surface area contributed by atoms with Gasteiger partial charge in [0.05, 0.1) is 10.6 Å². The number of hydrogen-bond donors (Lipinski definition) is 0. The minimum absolute atomic E-state index is 0.0424. The van der Waals surface area contributed by atoms with Gasteiger partial charge >= 0.3 is 6.18 Å². The van der Waals surface area contributed by atoms with Crippen molar-refractivity contribution < 1.29 is 26.3 Å². The highest BCUT2D eigenvalue weighted by atomic mass is 32.2. The van der Waals surface area contributed by atoms with Crippen LogP contribution >= 0.6 is 0 Å². The molecule has 0 atom stereocenters. The quantitative estimate of drug-likeness (QED) is 0.564. The van der Waals surface area contributed by atoms with Crippen LogP contribution in [0.25, 0.3) is 11.1 Å². The van der Waals surface area contributed by atoms with Gasteiger partial charge in [-0.15, -0.1) is 0 Å². The Labute approximate surface area is 166 Å². The van der Waals surface area contributed by atoms with E-state index in [2.05, 4.69) is 4.98 Å². The van der Waals surface area contributed by atoms with Crippen LogP contribution in [0.15, 0.2) is 71.9 Å². The zero-order valence-corrected chi connectivity index (χ0v) is 16.3. The monoisotopic (exact) mass is 421 g/mol. The molecule has 0 aliphatic heterocycles.